The molecule has 12 heteroatoms. The van der Waals surface area contributed by atoms with Gasteiger partial charge in [-0.1, -0.05) is 23.8 Å². The fourth-order valence-electron chi connectivity index (χ4n) is 4.49. The summed E-state index contributed by atoms with van der Waals surface area (Å²) in [6.07, 6.45) is -2.41. The second-order valence-electron chi connectivity index (χ2n) is 9.47. The van der Waals surface area contributed by atoms with Gasteiger partial charge in [-0.25, -0.2) is 9.59 Å². The minimum atomic E-state index is -1.64. The lowest BCUT2D eigenvalue weighted by atomic mass is 9.80. The number of carbonyl (C=O) groups is 2. The van der Waals surface area contributed by atoms with Crippen molar-refractivity contribution >= 4 is 11.9 Å². The highest BCUT2D eigenvalue weighted by atomic mass is 16.8. The summed E-state index contributed by atoms with van der Waals surface area (Å²) in [6, 6.07) is 0. The Labute approximate surface area is 220 Å². The Morgan fingerprint density at radius 3 is 2.53 bits per heavy atom. The van der Waals surface area contributed by atoms with E-state index in [1.165, 1.54) is 6.08 Å². The van der Waals surface area contributed by atoms with Crippen LogP contribution in [0.3, 0.4) is 0 Å². The standard InChI is InChI=1S/C26H36O12/c1-4-15-16-10-19(36-23(32)14(3)7-5-6-13(2)8-9-27)37-24(33)17(16)12-34-25(15)38-26-22(31)21(30)20(29)18(11-28)35-26/h4,7-8,12,15-16,18-22,25-31H,1,5-6,9-11H2,2-3H3/b13-8+,14-7+/t15-,16-,18-,19+,20+,21-,22-,25-,26-/m0/s1. The van der Waals surface area contributed by atoms with Gasteiger partial charge in [0, 0.05) is 23.8 Å². The van der Waals surface area contributed by atoms with Crippen LogP contribution in [0.1, 0.15) is 33.1 Å². The predicted octanol–water partition coefficient (Wildman–Crippen LogP) is -0.0572. The normalized spacial score (nSPS) is 35.9. The molecule has 3 aliphatic heterocycles. The third-order valence-electron chi connectivity index (χ3n) is 6.81. The fraction of sp³-hybridized carbons (Fsp3) is 0.615. The van der Waals surface area contributed by atoms with Crippen molar-refractivity contribution in [1.82, 2.24) is 0 Å². The molecule has 5 N–H and O–H groups in total. The fourth-order valence-corrected chi connectivity index (χ4v) is 4.49. The van der Waals surface area contributed by atoms with Gasteiger partial charge >= 0.3 is 11.9 Å². The van der Waals surface area contributed by atoms with E-state index in [0.29, 0.717) is 18.4 Å². The molecule has 0 aromatic carbocycles. The van der Waals surface area contributed by atoms with Crippen molar-refractivity contribution in [2.75, 3.05) is 13.2 Å². The largest absolute Gasteiger partial charge is 0.471 e. The summed E-state index contributed by atoms with van der Waals surface area (Å²) in [6.45, 7) is 6.58. The van der Waals surface area contributed by atoms with Crippen LogP contribution in [0.5, 0.6) is 0 Å². The second kappa shape index (κ2) is 13.5. The molecule has 0 unspecified atom stereocenters. The molecule has 0 amide bonds. The molecule has 3 heterocycles. The molecule has 0 aromatic rings. The number of rotatable bonds is 10. The molecule has 0 aliphatic carbocycles. The molecule has 38 heavy (non-hydrogen) atoms. The molecule has 3 rings (SSSR count). The van der Waals surface area contributed by atoms with Crippen molar-refractivity contribution in [2.45, 2.75) is 76.4 Å². The first-order chi connectivity index (χ1) is 18.1. The van der Waals surface area contributed by atoms with Gasteiger partial charge < -0.3 is 49.2 Å². The van der Waals surface area contributed by atoms with Crippen molar-refractivity contribution in [3.8, 4) is 0 Å². The first-order valence-corrected chi connectivity index (χ1v) is 12.4. The lowest BCUT2D eigenvalue weighted by Gasteiger charge is -2.44. The van der Waals surface area contributed by atoms with Gasteiger partial charge in [-0.15, -0.1) is 6.58 Å². The zero-order valence-corrected chi connectivity index (χ0v) is 21.3. The third-order valence-corrected chi connectivity index (χ3v) is 6.81. The number of aliphatic hydroxyl groups is 5. The van der Waals surface area contributed by atoms with Crippen molar-refractivity contribution in [2.24, 2.45) is 11.8 Å². The molecule has 3 aliphatic rings. The molecule has 0 spiro atoms. The number of esters is 2. The van der Waals surface area contributed by atoms with E-state index < -0.39 is 73.7 Å². The molecule has 2 saturated heterocycles. The van der Waals surface area contributed by atoms with E-state index in [9.17, 15) is 30.0 Å². The van der Waals surface area contributed by atoms with E-state index in [-0.39, 0.29) is 18.6 Å². The predicted molar refractivity (Wildman–Crippen MR) is 129 cm³/mol. The summed E-state index contributed by atoms with van der Waals surface area (Å²) < 4.78 is 27.4. The Hall–Kier alpha value is -2.58. The maximum absolute atomic E-state index is 12.6. The van der Waals surface area contributed by atoms with Gasteiger partial charge in [-0.05, 0) is 26.7 Å². The summed E-state index contributed by atoms with van der Waals surface area (Å²) in [5, 5.41) is 48.7. The number of aliphatic hydroxyl groups excluding tert-OH is 5. The van der Waals surface area contributed by atoms with Crippen LogP contribution >= 0.6 is 0 Å². The van der Waals surface area contributed by atoms with E-state index in [4.69, 9.17) is 28.8 Å². The first-order valence-electron chi connectivity index (χ1n) is 12.4. The van der Waals surface area contributed by atoms with Crippen LogP contribution in [0.2, 0.25) is 0 Å². The third kappa shape index (κ3) is 6.89. The smallest absolute Gasteiger partial charge is 0.340 e. The summed E-state index contributed by atoms with van der Waals surface area (Å²) in [7, 11) is 0. The van der Waals surface area contributed by atoms with Gasteiger partial charge in [0.1, 0.15) is 24.4 Å². The SMILES string of the molecule is C=C[C@@H]1[C@H](O[C@@H]2O[C@@H](CO)[C@@H](O)[C@H](O)[C@@H]2O)OC=C2C(=O)O[C@@H](OC(=O)/C(C)=C/CC/C(C)=C/CO)C[C@H]21. The average molecular weight is 541 g/mol. The number of hydrogen-bond acceptors (Lipinski definition) is 12. The maximum atomic E-state index is 12.6. The number of cyclic esters (lactones) is 1. The Morgan fingerprint density at radius 1 is 1.13 bits per heavy atom. The molecule has 0 bridgehead atoms. The van der Waals surface area contributed by atoms with Crippen LogP contribution in [0.25, 0.3) is 0 Å². The molecule has 9 atom stereocenters. The van der Waals surface area contributed by atoms with Crippen molar-refractivity contribution < 1.29 is 58.8 Å². The Balaban J connectivity index is 1.66. The van der Waals surface area contributed by atoms with Gasteiger partial charge in [-0.2, -0.15) is 0 Å². The van der Waals surface area contributed by atoms with E-state index in [2.05, 4.69) is 6.58 Å². The van der Waals surface area contributed by atoms with E-state index in [0.717, 1.165) is 11.8 Å². The lowest BCUT2D eigenvalue weighted by Crippen LogP contribution is -2.60. The summed E-state index contributed by atoms with van der Waals surface area (Å²) in [5.41, 5.74) is 1.52. The highest BCUT2D eigenvalue weighted by Gasteiger charge is 2.49. The van der Waals surface area contributed by atoms with E-state index in [1.54, 1.807) is 19.1 Å². The highest BCUT2D eigenvalue weighted by molar-refractivity contribution is 5.91. The van der Waals surface area contributed by atoms with E-state index >= 15 is 0 Å². The van der Waals surface area contributed by atoms with Crippen LogP contribution < -0.4 is 0 Å². The molecule has 0 aromatic heterocycles. The minimum Gasteiger partial charge on any atom is -0.471 e. The van der Waals surface area contributed by atoms with Crippen LogP contribution in [-0.2, 0) is 33.3 Å². The van der Waals surface area contributed by atoms with Gasteiger partial charge in [0.15, 0.2) is 6.29 Å². The van der Waals surface area contributed by atoms with Crippen molar-refractivity contribution in [3.05, 3.63) is 47.8 Å². The van der Waals surface area contributed by atoms with Gasteiger partial charge in [0.25, 0.3) is 0 Å². The first kappa shape index (κ1) is 30.0. The van der Waals surface area contributed by atoms with Crippen LogP contribution in [0.15, 0.2) is 47.8 Å². The van der Waals surface area contributed by atoms with Crippen molar-refractivity contribution in [3.63, 3.8) is 0 Å². The molecular formula is C26H36O12. The molecular weight excluding hydrogens is 504 g/mol. The zero-order valence-electron chi connectivity index (χ0n) is 21.3. The molecule has 2 fully saturated rings. The van der Waals surface area contributed by atoms with Crippen molar-refractivity contribution in [1.29, 1.82) is 0 Å². The lowest BCUT2D eigenvalue weighted by molar-refractivity contribution is -0.340. The number of carbonyl (C=O) groups excluding carboxylic acids is 2. The van der Waals surface area contributed by atoms with Gasteiger partial charge in [0.05, 0.1) is 25.0 Å². The minimum absolute atomic E-state index is 0.0492. The molecule has 0 saturated carbocycles. The van der Waals surface area contributed by atoms with Crippen LogP contribution in [0.4, 0.5) is 0 Å². The zero-order chi connectivity index (χ0) is 28.0. The number of fused-ring (bicyclic) bond motifs is 1. The summed E-state index contributed by atoms with van der Waals surface area (Å²) >= 11 is 0. The summed E-state index contributed by atoms with van der Waals surface area (Å²) in [4.78, 5) is 25.2. The summed E-state index contributed by atoms with van der Waals surface area (Å²) in [5.74, 6) is -2.63. The number of hydrogen-bond donors (Lipinski definition) is 5. The number of ether oxygens (including phenoxy) is 5. The Bertz CT molecular complexity index is 954. The van der Waals surface area contributed by atoms with Gasteiger partial charge in [0.2, 0.25) is 12.6 Å². The van der Waals surface area contributed by atoms with E-state index in [1.807, 2.05) is 6.92 Å². The average Bonchev–Trinajstić information content (AvgIpc) is 2.88. The molecule has 0 radical (unpaired) electrons. The highest BCUT2D eigenvalue weighted by Crippen LogP contribution is 2.40. The molecule has 12 nitrogen and oxygen atoms in total. The Kier molecular flexibility index (Phi) is 10.6. The monoisotopic (exact) mass is 540 g/mol. The second-order valence-corrected chi connectivity index (χ2v) is 9.47. The number of allylic oxidation sites excluding steroid dienone is 2. The molecule has 212 valence electrons. The van der Waals surface area contributed by atoms with Gasteiger partial charge in [-0.3, -0.25) is 0 Å². The van der Waals surface area contributed by atoms with Crippen LogP contribution in [-0.4, -0.2) is 94.0 Å². The Morgan fingerprint density at radius 2 is 1.87 bits per heavy atom. The quantitative estimate of drug-likeness (QED) is 0.142. The van der Waals surface area contributed by atoms with Crippen LogP contribution in [0, 0.1) is 11.8 Å². The topological polar surface area (TPSA) is 181 Å². The maximum Gasteiger partial charge on any atom is 0.340 e.